The molecule has 96 valence electrons. The van der Waals surface area contributed by atoms with Crippen LogP contribution < -0.4 is 5.73 Å². The molecule has 0 amide bonds. The SMILES string of the molecule is CC(C)CC(N)c1nnc(-c2ccc(Cl)cc2)o1. The van der Waals surface area contributed by atoms with Gasteiger partial charge in [0.05, 0.1) is 6.04 Å². The van der Waals surface area contributed by atoms with Gasteiger partial charge < -0.3 is 10.2 Å². The maximum absolute atomic E-state index is 5.99. The molecular weight excluding hydrogens is 250 g/mol. The maximum Gasteiger partial charge on any atom is 0.247 e. The smallest absolute Gasteiger partial charge is 0.247 e. The molecule has 1 unspecified atom stereocenters. The van der Waals surface area contributed by atoms with E-state index in [1.165, 1.54) is 0 Å². The standard InChI is InChI=1S/C13H16ClN3O/c1-8(2)7-11(15)13-17-16-12(18-13)9-3-5-10(14)6-4-9/h3-6,8,11H,7,15H2,1-2H3. The molecule has 1 atom stereocenters. The molecule has 1 heterocycles. The highest BCUT2D eigenvalue weighted by Gasteiger charge is 2.16. The highest BCUT2D eigenvalue weighted by atomic mass is 35.5. The van der Waals surface area contributed by atoms with E-state index < -0.39 is 0 Å². The molecule has 0 saturated heterocycles. The van der Waals surface area contributed by atoms with Crippen LogP contribution in [0.3, 0.4) is 0 Å². The molecule has 1 aromatic heterocycles. The number of rotatable bonds is 4. The van der Waals surface area contributed by atoms with E-state index in [2.05, 4.69) is 24.0 Å². The second-order valence-corrected chi connectivity index (χ2v) is 5.12. The van der Waals surface area contributed by atoms with Crippen LogP contribution in [0, 0.1) is 5.92 Å². The van der Waals surface area contributed by atoms with Gasteiger partial charge in [0, 0.05) is 10.6 Å². The molecule has 2 aromatic rings. The van der Waals surface area contributed by atoms with Crippen molar-refractivity contribution in [2.75, 3.05) is 0 Å². The summed E-state index contributed by atoms with van der Waals surface area (Å²) in [4.78, 5) is 0. The molecule has 0 radical (unpaired) electrons. The zero-order chi connectivity index (χ0) is 13.1. The Balaban J connectivity index is 2.17. The zero-order valence-electron chi connectivity index (χ0n) is 10.4. The summed E-state index contributed by atoms with van der Waals surface area (Å²) in [6.45, 7) is 4.21. The molecule has 0 saturated carbocycles. The Morgan fingerprint density at radius 1 is 1.22 bits per heavy atom. The summed E-state index contributed by atoms with van der Waals surface area (Å²) in [5, 5.41) is 8.67. The summed E-state index contributed by atoms with van der Waals surface area (Å²) in [5.74, 6) is 1.44. The summed E-state index contributed by atoms with van der Waals surface area (Å²) < 4.78 is 5.58. The van der Waals surface area contributed by atoms with Crippen LogP contribution in [0.4, 0.5) is 0 Å². The first-order chi connectivity index (χ1) is 8.56. The molecule has 2 N–H and O–H groups in total. The van der Waals surface area contributed by atoms with E-state index in [9.17, 15) is 0 Å². The average Bonchev–Trinajstić information content (AvgIpc) is 2.78. The number of hydrogen-bond donors (Lipinski definition) is 1. The molecule has 0 aliphatic carbocycles. The molecule has 0 aliphatic heterocycles. The van der Waals surface area contributed by atoms with E-state index in [-0.39, 0.29) is 6.04 Å². The van der Waals surface area contributed by atoms with Crippen LogP contribution in [0.2, 0.25) is 5.02 Å². The monoisotopic (exact) mass is 265 g/mol. The Morgan fingerprint density at radius 2 is 1.89 bits per heavy atom. The van der Waals surface area contributed by atoms with Crippen LogP contribution in [0.5, 0.6) is 0 Å². The number of benzene rings is 1. The molecule has 0 bridgehead atoms. The molecular formula is C13H16ClN3O. The zero-order valence-corrected chi connectivity index (χ0v) is 11.2. The van der Waals surface area contributed by atoms with Gasteiger partial charge in [0.1, 0.15) is 0 Å². The third-order valence-corrected chi connectivity index (χ3v) is 2.83. The fraction of sp³-hybridized carbons (Fsp3) is 0.385. The Kier molecular flexibility index (Phi) is 3.99. The second-order valence-electron chi connectivity index (χ2n) is 4.69. The van der Waals surface area contributed by atoms with Crippen LogP contribution >= 0.6 is 11.6 Å². The van der Waals surface area contributed by atoms with Gasteiger partial charge in [-0.05, 0) is 36.6 Å². The second kappa shape index (κ2) is 5.50. The Hall–Kier alpha value is -1.39. The van der Waals surface area contributed by atoms with Crippen molar-refractivity contribution in [3.8, 4) is 11.5 Å². The lowest BCUT2D eigenvalue weighted by molar-refractivity contribution is 0.408. The summed E-state index contributed by atoms with van der Waals surface area (Å²) in [6, 6.07) is 7.05. The van der Waals surface area contributed by atoms with E-state index in [4.69, 9.17) is 21.8 Å². The minimum atomic E-state index is -0.210. The van der Waals surface area contributed by atoms with Gasteiger partial charge in [-0.15, -0.1) is 10.2 Å². The van der Waals surface area contributed by atoms with Gasteiger partial charge in [0.15, 0.2) is 0 Å². The van der Waals surface area contributed by atoms with Gasteiger partial charge >= 0.3 is 0 Å². The first-order valence-corrected chi connectivity index (χ1v) is 6.29. The molecule has 5 heteroatoms. The van der Waals surface area contributed by atoms with Crippen LogP contribution in [0.25, 0.3) is 11.5 Å². The average molecular weight is 266 g/mol. The summed E-state index contributed by atoms with van der Waals surface area (Å²) in [5.41, 5.74) is 6.84. The minimum absolute atomic E-state index is 0.210. The number of nitrogens with zero attached hydrogens (tertiary/aromatic N) is 2. The molecule has 0 spiro atoms. The maximum atomic E-state index is 5.99. The van der Waals surface area contributed by atoms with Crippen molar-refractivity contribution >= 4 is 11.6 Å². The fourth-order valence-corrected chi connectivity index (χ4v) is 1.83. The molecule has 1 aromatic carbocycles. The van der Waals surface area contributed by atoms with E-state index >= 15 is 0 Å². The topological polar surface area (TPSA) is 64.9 Å². The molecule has 0 fully saturated rings. The first-order valence-electron chi connectivity index (χ1n) is 5.91. The van der Waals surface area contributed by atoms with Crippen molar-refractivity contribution < 1.29 is 4.42 Å². The van der Waals surface area contributed by atoms with E-state index in [0.717, 1.165) is 12.0 Å². The normalized spacial score (nSPS) is 12.9. The van der Waals surface area contributed by atoms with E-state index in [1.54, 1.807) is 12.1 Å². The van der Waals surface area contributed by atoms with Gasteiger partial charge in [0.25, 0.3) is 0 Å². The van der Waals surface area contributed by atoms with Crippen molar-refractivity contribution in [2.45, 2.75) is 26.3 Å². The predicted octanol–water partition coefficient (Wildman–Crippen LogP) is 3.44. The molecule has 0 aliphatic rings. The quantitative estimate of drug-likeness (QED) is 0.920. The number of halogens is 1. The lowest BCUT2D eigenvalue weighted by atomic mass is 10.1. The highest BCUT2D eigenvalue weighted by Crippen LogP contribution is 2.23. The number of hydrogen-bond acceptors (Lipinski definition) is 4. The molecule has 18 heavy (non-hydrogen) atoms. The Morgan fingerprint density at radius 3 is 2.50 bits per heavy atom. The first kappa shape index (κ1) is 13.1. The van der Waals surface area contributed by atoms with Crippen molar-refractivity contribution in [1.82, 2.24) is 10.2 Å². The minimum Gasteiger partial charge on any atom is -0.419 e. The molecule has 4 nitrogen and oxygen atoms in total. The van der Waals surface area contributed by atoms with Crippen molar-refractivity contribution in [1.29, 1.82) is 0 Å². The third-order valence-electron chi connectivity index (χ3n) is 2.57. The van der Waals surface area contributed by atoms with Crippen LogP contribution in [0.15, 0.2) is 28.7 Å². The lowest BCUT2D eigenvalue weighted by Crippen LogP contribution is -2.13. The van der Waals surface area contributed by atoms with Gasteiger partial charge in [-0.1, -0.05) is 25.4 Å². The Bertz CT molecular complexity index is 507. The van der Waals surface area contributed by atoms with Gasteiger partial charge in [-0.3, -0.25) is 0 Å². The Labute approximate surface area is 111 Å². The van der Waals surface area contributed by atoms with Gasteiger partial charge in [-0.25, -0.2) is 0 Å². The summed E-state index contributed by atoms with van der Waals surface area (Å²) >= 11 is 5.83. The largest absolute Gasteiger partial charge is 0.419 e. The summed E-state index contributed by atoms with van der Waals surface area (Å²) in [7, 11) is 0. The lowest BCUT2D eigenvalue weighted by Gasteiger charge is -2.08. The predicted molar refractivity (Wildman–Crippen MR) is 71.1 cm³/mol. The van der Waals surface area contributed by atoms with Gasteiger partial charge in [-0.2, -0.15) is 0 Å². The van der Waals surface area contributed by atoms with Crippen molar-refractivity contribution in [3.63, 3.8) is 0 Å². The molecule has 2 rings (SSSR count). The van der Waals surface area contributed by atoms with Crippen LogP contribution in [-0.4, -0.2) is 10.2 Å². The van der Waals surface area contributed by atoms with Crippen LogP contribution in [0.1, 0.15) is 32.2 Å². The van der Waals surface area contributed by atoms with Crippen molar-refractivity contribution in [2.24, 2.45) is 11.7 Å². The van der Waals surface area contributed by atoms with Crippen molar-refractivity contribution in [3.05, 3.63) is 35.2 Å². The summed E-state index contributed by atoms with van der Waals surface area (Å²) in [6.07, 6.45) is 0.822. The van der Waals surface area contributed by atoms with E-state index in [1.807, 2.05) is 12.1 Å². The fourth-order valence-electron chi connectivity index (χ4n) is 1.70. The van der Waals surface area contributed by atoms with Crippen LogP contribution in [-0.2, 0) is 0 Å². The number of nitrogens with two attached hydrogens (primary N) is 1. The number of aromatic nitrogens is 2. The van der Waals surface area contributed by atoms with E-state index in [0.29, 0.717) is 22.7 Å². The third kappa shape index (κ3) is 3.09. The van der Waals surface area contributed by atoms with Gasteiger partial charge in [0.2, 0.25) is 11.8 Å². The highest BCUT2D eigenvalue weighted by molar-refractivity contribution is 6.30.